The van der Waals surface area contributed by atoms with Gasteiger partial charge in [-0.25, -0.2) is 4.98 Å². The van der Waals surface area contributed by atoms with E-state index >= 15 is 0 Å². The number of hydrazone groups is 1. The van der Waals surface area contributed by atoms with Gasteiger partial charge in [-0.2, -0.15) is 5.10 Å². The number of anilines is 1. The highest BCUT2D eigenvalue weighted by Gasteiger charge is 2.66. The van der Waals surface area contributed by atoms with E-state index in [9.17, 15) is 13.2 Å². The molecule has 1 aromatic rings. The van der Waals surface area contributed by atoms with E-state index in [0.717, 1.165) is 32.0 Å². The quantitative estimate of drug-likeness (QED) is 0.761. The van der Waals surface area contributed by atoms with Crippen LogP contribution in [0.2, 0.25) is 0 Å². The number of pyridine rings is 1. The molecule has 4 atom stereocenters. The highest BCUT2D eigenvalue weighted by Crippen LogP contribution is 2.61. The molecule has 2 N–H and O–H groups in total. The van der Waals surface area contributed by atoms with Gasteiger partial charge in [0.25, 0.3) is 0 Å². The number of rotatable bonds is 5. The minimum Gasteiger partial charge on any atom is -0.402 e. The Hall–Kier alpha value is -2.07. The second-order valence-electron chi connectivity index (χ2n) is 9.67. The second-order valence-corrected chi connectivity index (χ2v) is 9.67. The predicted molar refractivity (Wildman–Crippen MR) is 109 cm³/mol. The van der Waals surface area contributed by atoms with E-state index in [4.69, 9.17) is 15.6 Å². The van der Waals surface area contributed by atoms with Crippen molar-refractivity contribution in [3.8, 4) is 5.75 Å². The van der Waals surface area contributed by atoms with Gasteiger partial charge in [0.2, 0.25) is 0 Å². The topological polar surface area (TPSA) is 76.2 Å². The smallest absolute Gasteiger partial charge is 0.402 e. The Morgan fingerprint density at radius 1 is 1.26 bits per heavy atom. The summed E-state index contributed by atoms with van der Waals surface area (Å²) in [6, 6.07) is 2.03. The number of hydrogen-bond donors (Lipinski definition) is 1. The van der Waals surface area contributed by atoms with Gasteiger partial charge in [-0.3, -0.25) is 9.91 Å². The summed E-state index contributed by atoms with van der Waals surface area (Å²) >= 11 is 0. The van der Waals surface area contributed by atoms with Crippen molar-refractivity contribution >= 4 is 11.5 Å². The first-order valence-electron chi connectivity index (χ1n) is 10.8. The molecular weight excluding hydrogens is 411 g/mol. The lowest BCUT2D eigenvalue weighted by molar-refractivity contribution is -0.274. The van der Waals surface area contributed by atoms with Crippen molar-refractivity contribution in [3.05, 3.63) is 17.8 Å². The molecule has 7 nitrogen and oxygen atoms in total. The number of piperidine rings is 1. The zero-order chi connectivity index (χ0) is 22.1. The number of likely N-dealkylation sites (tertiary alicyclic amines) is 1. The van der Waals surface area contributed by atoms with Crippen LogP contribution in [-0.2, 0) is 4.74 Å². The number of nitrogens with zero attached hydrogens (tertiary/aromatic N) is 4. The van der Waals surface area contributed by atoms with Gasteiger partial charge >= 0.3 is 6.36 Å². The van der Waals surface area contributed by atoms with Crippen LogP contribution in [0.15, 0.2) is 17.4 Å². The number of nitrogens with two attached hydrogens (primary N) is 1. The predicted octanol–water partition coefficient (Wildman–Crippen LogP) is 2.72. The molecular formula is C21H28F3N5O2. The molecule has 4 aliphatic rings. The van der Waals surface area contributed by atoms with Crippen LogP contribution in [0, 0.1) is 17.8 Å². The molecule has 0 aromatic carbocycles. The van der Waals surface area contributed by atoms with Crippen LogP contribution in [0.25, 0.3) is 0 Å². The molecule has 2 unspecified atom stereocenters. The summed E-state index contributed by atoms with van der Waals surface area (Å²) in [6.07, 6.45) is -2.69. The fourth-order valence-corrected chi connectivity index (χ4v) is 5.87. The van der Waals surface area contributed by atoms with Crippen molar-refractivity contribution in [2.45, 2.75) is 51.2 Å². The number of aromatic nitrogens is 1. The van der Waals surface area contributed by atoms with Crippen LogP contribution in [0.5, 0.6) is 5.75 Å². The Kier molecular flexibility index (Phi) is 4.68. The SMILES string of the molecule is CC(C)N1N=C(c2cnc(N)c(OC(F)(F)F)c2)CC1(C)C1[C@H]2CN(C3COC3)C[C@@H]12. The zero-order valence-electron chi connectivity index (χ0n) is 17.9. The van der Waals surface area contributed by atoms with Crippen LogP contribution >= 0.6 is 0 Å². The first-order chi connectivity index (χ1) is 14.6. The first-order valence-corrected chi connectivity index (χ1v) is 10.8. The Labute approximate surface area is 179 Å². The molecule has 31 heavy (non-hydrogen) atoms. The van der Waals surface area contributed by atoms with Gasteiger partial charge in [0, 0.05) is 37.3 Å². The van der Waals surface area contributed by atoms with Crippen molar-refractivity contribution < 1.29 is 22.6 Å². The fraction of sp³-hybridized carbons (Fsp3) is 0.714. The van der Waals surface area contributed by atoms with Crippen molar-refractivity contribution in [1.29, 1.82) is 0 Å². The Morgan fingerprint density at radius 3 is 2.48 bits per heavy atom. The minimum atomic E-state index is -4.83. The van der Waals surface area contributed by atoms with Gasteiger partial charge in [0.05, 0.1) is 30.5 Å². The largest absolute Gasteiger partial charge is 0.573 e. The Bertz CT molecular complexity index is 891. The average molecular weight is 439 g/mol. The van der Waals surface area contributed by atoms with E-state index in [0.29, 0.717) is 35.8 Å². The Balaban J connectivity index is 1.36. The number of halogens is 3. The summed E-state index contributed by atoms with van der Waals surface area (Å²) in [6.45, 7) is 10.3. The third-order valence-corrected chi connectivity index (χ3v) is 7.28. The highest BCUT2D eigenvalue weighted by molar-refractivity contribution is 6.02. The lowest BCUT2D eigenvalue weighted by Crippen LogP contribution is -2.51. The molecule has 1 aliphatic carbocycles. The fourth-order valence-electron chi connectivity index (χ4n) is 5.87. The molecule has 2 saturated heterocycles. The summed E-state index contributed by atoms with van der Waals surface area (Å²) in [4.78, 5) is 6.46. The van der Waals surface area contributed by atoms with Crippen molar-refractivity contribution in [2.24, 2.45) is 22.9 Å². The summed E-state index contributed by atoms with van der Waals surface area (Å²) in [5.74, 6) is 1.00. The van der Waals surface area contributed by atoms with Crippen molar-refractivity contribution in [1.82, 2.24) is 14.9 Å². The molecule has 3 fully saturated rings. The monoisotopic (exact) mass is 439 g/mol. The normalized spacial score (nSPS) is 33.5. The molecule has 0 amide bonds. The molecule has 0 radical (unpaired) electrons. The summed E-state index contributed by atoms with van der Waals surface area (Å²) in [5, 5.41) is 6.99. The average Bonchev–Trinajstić information content (AvgIpc) is 2.96. The van der Waals surface area contributed by atoms with Gasteiger partial charge in [-0.05, 0) is 44.6 Å². The molecule has 170 valence electrons. The summed E-state index contributed by atoms with van der Waals surface area (Å²) in [5.41, 5.74) is 6.67. The number of alkyl halides is 3. The molecule has 1 saturated carbocycles. The maximum atomic E-state index is 12.7. The third kappa shape index (κ3) is 3.53. The number of ether oxygens (including phenoxy) is 2. The van der Waals surface area contributed by atoms with E-state index in [1.54, 1.807) is 0 Å². The van der Waals surface area contributed by atoms with Crippen LogP contribution < -0.4 is 10.5 Å². The third-order valence-electron chi connectivity index (χ3n) is 7.28. The molecule has 5 rings (SSSR count). The van der Waals surface area contributed by atoms with Gasteiger partial charge in [-0.1, -0.05) is 0 Å². The number of nitrogen functional groups attached to an aromatic ring is 1. The standard InChI is InChI=1S/C21H28F3N5O2/c1-11(2)29-20(3,18-14-7-28(8-15(14)18)13-9-30-10-13)5-16(27-29)12-4-17(19(25)26-6-12)31-21(22,23)24/h4,6,11,13-15,18H,5,7-10H2,1-3H3,(H2,25,26)/t14-,15+,18?,20?. The molecule has 4 heterocycles. The van der Waals surface area contributed by atoms with Crippen LogP contribution in [0.3, 0.4) is 0 Å². The lowest BCUT2D eigenvalue weighted by atomic mass is 9.85. The first kappa shape index (κ1) is 20.8. The van der Waals surface area contributed by atoms with Gasteiger partial charge in [0.15, 0.2) is 11.6 Å². The van der Waals surface area contributed by atoms with Crippen LogP contribution in [0.1, 0.15) is 32.8 Å². The maximum Gasteiger partial charge on any atom is 0.573 e. The second kappa shape index (κ2) is 6.96. The number of fused-ring (bicyclic) bond motifs is 1. The highest BCUT2D eigenvalue weighted by atomic mass is 19.4. The van der Waals surface area contributed by atoms with Gasteiger partial charge in [-0.15, -0.1) is 13.2 Å². The van der Waals surface area contributed by atoms with Crippen molar-refractivity contribution in [2.75, 3.05) is 32.0 Å². The molecule has 0 spiro atoms. The maximum absolute atomic E-state index is 12.7. The van der Waals surface area contributed by atoms with E-state index in [1.807, 2.05) is 0 Å². The number of hydrogen-bond acceptors (Lipinski definition) is 7. The summed E-state index contributed by atoms with van der Waals surface area (Å²) < 4.78 is 47.6. The van der Waals surface area contributed by atoms with E-state index < -0.39 is 12.1 Å². The van der Waals surface area contributed by atoms with Gasteiger partial charge in [0.1, 0.15) is 0 Å². The molecule has 10 heteroatoms. The van der Waals surface area contributed by atoms with Crippen LogP contribution in [-0.4, -0.2) is 70.9 Å². The lowest BCUT2D eigenvalue weighted by Gasteiger charge is -2.41. The molecule has 1 aromatic heterocycles. The van der Waals surface area contributed by atoms with Crippen molar-refractivity contribution in [3.63, 3.8) is 0 Å². The van der Waals surface area contributed by atoms with E-state index in [-0.39, 0.29) is 17.4 Å². The minimum absolute atomic E-state index is 0.173. The van der Waals surface area contributed by atoms with E-state index in [1.165, 1.54) is 12.3 Å². The molecule has 3 aliphatic heterocycles. The molecule has 0 bridgehead atoms. The Morgan fingerprint density at radius 2 is 1.94 bits per heavy atom. The van der Waals surface area contributed by atoms with Crippen LogP contribution in [0.4, 0.5) is 19.0 Å². The van der Waals surface area contributed by atoms with Gasteiger partial charge < -0.3 is 15.2 Å². The zero-order valence-corrected chi connectivity index (χ0v) is 17.9. The summed E-state index contributed by atoms with van der Waals surface area (Å²) in [7, 11) is 0. The van der Waals surface area contributed by atoms with E-state index in [2.05, 4.69) is 40.4 Å².